The molecule has 2 rings (SSSR count). The van der Waals surface area contributed by atoms with Crippen molar-refractivity contribution in [2.24, 2.45) is 5.73 Å². The fraction of sp³-hybridized carbons (Fsp3) is 0.200. The molecule has 0 aliphatic rings. The molecule has 0 spiro atoms. The number of amides is 2. The Bertz CT molecular complexity index is 1130. The number of nitrogens with one attached hydrogen (secondary N) is 4. The summed E-state index contributed by atoms with van der Waals surface area (Å²) < 4.78 is 27.0. The highest BCUT2D eigenvalue weighted by Gasteiger charge is 2.24. The molecule has 2 aromatic carbocycles. The van der Waals surface area contributed by atoms with Gasteiger partial charge in [0.05, 0.1) is 5.69 Å². The van der Waals surface area contributed by atoms with Crippen molar-refractivity contribution in [3.63, 3.8) is 0 Å². The summed E-state index contributed by atoms with van der Waals surface area (Å²) in [6, 6.07) is 10.3. The van der Waals surface area contributed by atoms with Crippen LogP contribution in [0.15, 0.2) is 53.4 Å². The van der Waals surface area contributed by atoms with Gasteiger partial charge >= 0.3 is 5.97 Å². The summed E-state index contributed by atoms with van der Waals surface area (Å²) in [6.07, 6.45) is -0.134. The highest BCUT2D eigenvalue weighted by molar-refractivity contribution is 7.89. The molecule has 0 unspecified atom stereocenters. The minimum Gasteiger partial charge on any atom is -0.480 e. The zero-order chi connectivity index (χ0) is 23.9. The third kappa shape index (κ3) is 6.62. The SMILES string of the molecule is C[C@H](NS(=O)(=O)c1ccccc1NC(=O)CCNC(=O)c1ccc(C(=N)N)cc1)C(=O)O. The van der Waals surface area contributed by atoms with E-state index in [9.17, 15) is 22.8 Å². The Labute approximate surface area is 184 Å². The third-order valence-electron chi connectivity index (χ3n) is 4.25. The smallest absolute Gasteiger partial charge is 0.321 e. The summed E-state index contributed by atoms with van der Waals surface area (Å²) in [5, 5.41) is 21.3. The van der Waals surface area contributed by atoms with Gasteiger partial charge in [-0.15, -0.1) is 0 Å². The van der Waals surface area contributed by atoms with Crippen LogP contribution in [0.2, 0.25) is 0 Å². The molecule has 0 radical (unpaired) electrons. The van der Waals surface area contributed by atoms with Crippen LogP contribution in [0.5, 0.6) is 0 Å². The second-order valence-electron chi connectivity index (χ2n) is 6.72. The van der Waals surface area contributed by atoms with Crippen LogP contribution in [0.3, 0.4) is 0 Å². The molecule has 0 fully saturated rings. The highest BCUT2D eigenvalue weighted by atomic mass is 32.2. The molecule has 0 aliphatic heterocycles. The quantitative estimate of drug-likeness (QED) is 0.219. The predicted molar refractivity (Wildman–Crippen MR) is 117 cm³/mol. The van der Waals surface area contributed by atoms with E-state index >= 15 is 0 Å². The Hall–Kier alpha value is -3.77. The van der Waals surface area contributed by atoms with E-state index in [4.69, 9.17) is 16.2 Å². The molecule has 1 atom stereocenters. The summed E-state index contributed by atoms with van der Waals surface area (Å²) in [6.45, 7) is 1.17. The molecule has 0 heterocycles. The highest BCUT2D eigenvalue weighted by Crippen LogP contribution is 2.21. The maximum Gasteiger partial charge on any atom is 0.321 e. The molecule has 11 nitrogen and oxygen atoms in total. The Morgan fingerprint density at radius 3 is 2.25 bits per heavy atom. The fourth-order valence-corrected chi connectivity index (χ4v) is 3.92. The number of carbonyl (C=O) groups excluding carboxylic acids is 2. The van der Waals surface area contributed by atoms with E-state index in [0.717, 1.165) is 0 Å². The topological polar surface area (TPSA) is 192 Å². The average Bonchev–Trinajstić information content (AvgIpc) is 2.73. The monoisotopic (exact) mass is 461 g/mol. The normalized spacial score (nSPS) is 11.9. The van der Waals surface area contributed by atoms with Crippen molar-refractivity contribution in [1.82, 2.24) is 10.0 Å². The van der Waals surface area contributed by atoms with Crippen molar-refractivity contribution in [3.05, 3.63) is 59.7 Å². The van der Waals surface area contributed by atoms with Gasteiger partial charge in [0.15, 0.2) is 0 Å². The molecule has 0 aromatic heterocycles. The van der Waals surface area contributed by atoms with Gasteiger partial charge in [-0.2, -0.15) is 4.72 Å². The van der Waals surface area contributed by atoms with Crippen LogP contribution in [0, 0.1) is 5.41 Å². The number of aliphatic carboxylic acids is 1. The number of carboxylic acid groups (broad SMARTS) is 1. The third-order valence-corrected chi connectivity index (χ3v) is 5.85. The standard InChI is InChI=1S/C20H23N5O6S/c1-12(20(28)29)25-32(30,31)16-5-3-2-4-15(16)24-17(26)10-11-23-19(27)14-8-6-13(7-9-14)18(21)22/h2-9,12,25H,10-11H2,1H3,(H3,21,22)(H,23,27)(H,24,26)(H,28,29)/t12-/m0/s1. The minimum atomic E-state index is -4.20. The number of anilines is 1. The molecule has 2 amide bonds. The average molecular weight is 462 g/mol. The lowest BCUT2D eigenvalue weighted by molar-refractivity contribution is -0.138. The number of nitrogen functional groups attached to an aromatic ring is 1. The maximum atomic E-state index is 12.5. The van der Waals surface area contributed by atoms with E-state index in [2.05, 4.69) is 10.6 Å². The Balaban J connectivity index is 1.97. The van der Waals surface area contributed by atoms with Crippen molar-refractivity contribution in [2.45, 2.75) is 24.3 Å². The number of rotatable bonds is 10. The summed E-state index contributed by atoms with van der Waals surface area (Å²) >= 11 is 0. The Morgan fingerprint density at radius 2 is 1.66 bits per heavy atom. The second-order valence-corrected chi connectivity index (χ2v) is 8.40. The van der Waals surface area contributed by atoms with Crippen LogP contribution >= 0.6 is 0 Å². The molecular formula is C20H23N5O6S. The number of nitrogens with two attached hydrogens (primary N) is 1. The summed E-state index contributed by atoms with van der Waals surface area (Å²) in [5.41, 5.74) is 6.14. The number of hydrogen-bond donors (Lipinski definition) is 6. The number of sulfonamides is 1. The Morgan fingerprint density at radius 1 is 1.06 bits per heavy atom. The van der Waals surface area contributed by atoms with Gasteiger partial charge in [0, 0.05) is 24.1 Å². The van der Waals surface area contributed by atoms with Crippen molar-refractivity contribution in [2.75, 3.05) is 11.9 Å². The van der Waals surface area contributed by atoms with Gasteiger partial charge in [-0.1, -0.05) is 24.3 Å². The lowest BCUT2D eigenvalue weighted by atomic mass is 10.1. The largest absolute Gasteiger partial charge is 0.480 e. The molecule has 32 heavy (non-hydrogen) atoms. The van der Waals surface area contributed by atoms with Crippen molar-refractivity contribution < 1.29 is 27.9 Å². The number of benzene rings is 2. The molecule has 2 aromatic rings. The van der Waals surface area contributed by atoms with Gasteiger partial charge < -0.3 is 21.5 Å². The molecule has 0 aliphatic carbocycles. The van der Waals surface area contributed by atoms with Crippen LogP contribution in [0.25, 0.3) is 0 Å². The molecule has 12 heteroatoms. The van der Waals surface area contributed by atoms with Gasteiger partial charge in [0.2, 0.25) is 15.9 Å². The van der Waals surface area contributed by atoms with Crippen LogP contribution < -0.4 is 21.1 Å². The van der Waals surface area contributed by atoms with Gasteiger partial charge in [-0.05, 0) is 31.2 Å². The Kier molecular flexibility index (Phi) is 8.04. The molecule has 0 bridgehead atoms. The van der Waals surface area contributed by atoms with Crippen LogP contribution in [0.4, 0.5) is 5.69 Å². The summed E-state index contributed by atoms with van der Waals surface area (Å²) in [4.78, 5) is 35.1. The van der Waals surface area contributed by atoms with Crippen LogP contribution in [0.1, 0.15) is 29.3 Å². The van der Waals surface area contributed by atoms with Crippen molar-refractivity contribution in [1.29, 1.82) is 5.41 Å². The predicted octanol–water partition coefficient (Wildman–Crippen LogP) is 0.481. The number of carbonyl (C=O) groups is 3. The van der Waals surface area contributed by atoms with E-state index in [1.807, 2.05) is 4.72 Å². The van der Waals surface area contributed by atoms with Crippen molar-refractivity contribution in [3.8, 4) is 0 Å². The molecule has 0 saturated carbocycles. The van der Waals surface area contributed by atoms with Gasteiger partial charge in [-0.3, -0.25) is 19.8 Å². The maximum absolute atomic E-state index is 12.5. The number of hydrogen-bond acceptors (Lipinski definition) is 6. The summed E-state index contributed by atoms with van der Waals surface area (Å²) in [7, 11) is -4.20. The van der Waals surface area contributed by atoms with Gasteiger partial charge in [0.25, 0.3) is 5.91 Å². The van der Waals surface area contributed by atoms with Crippen LogP contribution in [-0.2, 0) is 19.6 Å². The first-order valence-corrected chi connectivity index (χ1v) is 10.9. The first-order valence-electron chi connectivity index (χ1n) is 9.38. The number of carboxylic acids is 1. The lowest BCUT2D eigenvalue weighted by Gasteiger charge is -2.14. The first-order chi connectivity index (χ1) is 15.0. The zero-order valence-corrected chi connectivity index (χ0v) is 17.9. The van der Waals surface area contributed by atoms with Gasteiger partial charge in [-0.25, -0.2) is 8.42 Å². The number of para-hydroxylation sites is 1. The molecule has 7 N–H and O–H groups in total. The van der Waals surface area contributed by atoms with Gasteiger partial charge in [0.1, 0.15) is 16.8 Å². The lowest BCUT2D eigenvalue weighted by Crippen LogP contribution is -2.38. The summed E-state index contributed by atoms with van der Waals surface area (Å²) in [5.74, 6) is -2.45. The van der Waals surface area contributed by atoms with Crippen LogP contribution in [-0.4, -0.2) is 49.7 Å². The van der Waals surface area contributed by atoms with E-state index in [-0.39, 0.29) is 29.4 Å². The molecule has 0 saturated heterocycles. The van der Waals surface area contributed by atoms with E-state index in [0.29, 0.717) is 11.1 Å². The van der Waals surface area contributed by atoms with Crippen molar-refractivity contribution >= 4 is 39.3 Å². The number of amidine groups is 1. The second kappa shape index (κ2) is 10.5. The molecular weight excluding hydrogens is 438 g/mol. The van der Waals surface area contributed by atoms with E-state index in [1.54, 1.807) is 0 Å². The first kappa shape index (κ1) is 24.5. The van der Waals surface area contributed by atoms with E-state index < -0.39 is 33.8 Å². The zero-order valence-electron chi connectivity index (χ0n) is 17.1. The minimum absolute atomic E-state index is 0.0116. The molecule has 170 valence electrons. The fourth-order valence-electron chi connectivity index (χ4n) is 2.56. The van der Waals surface area contributed by atoms with E-state index in [1.165, 1.54) is 55.5 Å².